The Morgan fingerprint density at radius 1 is 0.938 bits per heavy atom. The highest BCUT2D eigenvalue weighted by Crippen LogP contribution is 2.28. The van der Waals surface area contributed by atoms with Gasteiger partial charge >= 0.3 is 0 Å². The summed E-state index contributed by atoms with van der Waals surface area (Å²) in [5.74, 6) is 0. The number of nitrogens with one attached hydrogen (secondary N) is 1. The van der Waals surface area contributed by atoms with Crippen LogP contribution in [0.4, 0.5) is 0 Å². The molecule has 3 nitrogen and oxygen atoms in total. The van der Waals surface area contributed by atoms with E-state index in [1.165, 1.54) is 58.3 Å². The summed E-state index contributed by atoms with van der Waals surface area (Å²) >= 11 is 0. The fourth-order valence-corrected chi connectivity index (χ4v) is 3.75. The van der Waals surface area contributed by atoms with E-state index in [0.717, 1.165) is 18.1 Å². The molecular weight excluding hydrogens is 198 g/mol. The van der Waals surface area contributed by atoms with Gasteiger partial charge in [0, 0.05) is 24.7 Å². The predicted octanol–water partition coefficient (Wildman–Crippen LogP) is 0.907. The first kappa shape index (κ1) is 11.0. The number of hydrogen-bond donors (Lipinski definition) is 1. The number of fused-ring (bicyclic) bond motifs is 1. The molecule has 3 aliphatic heterocycles. The lowest BCUT2D eigenvalue weighted by molar-refractivity contribution is 0.212. The second-order valence-corrected chi connectivity index (χ2v) is 5.88. The lowest BCUT2D eigenvalue weighted by Crippen LogP contribution is -2.48. The number of piperidine rings is 1. The monoisotopic (exact) mass is 223 g/mol. The van der Waals surface area contributed by atoms with E-state index in [1.807, 2.05) is 0 Å². The molecule has 0 amide bonds. The zero-order valence-electron chi connectivity index (χ0n) is 10.5. The van der Waals surface area contributed by atoms with E-state index in [0.29, 0.717) is 0 Å². The fraction of sp³-hybridized carbons (Fsp3) is 1.00. The normalized spacial score (nSPS) is 38.1. The summed E-state index contributed by atoms with van der Waals surface area (Å²) in [5.41, 5.74) is 0. The quantitative estimate of drug-likeness (QED) is 0.750. The molecule has 3 fully saturated rings. The Kier molecular flexibility index (Phi) is 3.18. The van der Waals surface area contributed by atoms with Crippen molar-refractivity contribution in [2.24, 2.45) is 0 Å². The van der Waals surface area contributed by atoms with Crippen LogP contribution in [0.3, 0.4) is 0 Å². The first-order valence-corrected chi connectivity index (χ1v) is 7.01. The Balaban J connectivity index is 1.51. The number of hydrogen-bond acceptors (Lipinski definition) is 3. The van der Waals surface area contributed by atoms with Crippen molar-refractivity contribution < 1.29 is 0 Å². The van der Waals surface area contributed by atoms with Gasteiger partial charge in [-0.1, -0.05) is 0 Å². The molecule has 3 heteroatoms. The van der Waals surface area contributed by atoms with Crippen LogP contribution in [0.1, 0.15) is 32.1 Å². The molecule has 3 saturated heterocycles. The largest absolute Gasteiger partial charge is 0.310 e. The van der Waals surface area contributed by atoms with Gasteiger partial charge in [0.2, 0.25) is 0 Å². The maximum Gasteiger partial charge on any atom is 0.0250 e. The second kappa shape index (κ2) is 4.63. The summed E-state index contributed by atoms with van der Waals surface area (Å²) in [5, 5.41) is 3.94. The van der Waals surface area contributed by atoms with Crippen molar-refractivity contribution in [1.82, 2.24) is 15.1 Å². The van der Waals surface area contributed by atoms with Gasteiger partial charge in [0.1, 0.15) is 0 Å². The predicted molar refractivity (Wildman–Crippen MR) is 66.7 cm³/mol. The molecule has 0 aromatic carbocycles. The first-order valence-electron chi connectivity index (χ1n) is 7.01. The highest BCUT2D eigenvalue weighted by Gasteiger charge is 2.37. The van der Waals surface area contributed by atoms with Crippen LogP contribution in [-0.4, -0.2) is 61.2 Å². The van der Waals surface area contributed by atoms with Crippen molar-refractivity contribution >= 4 is 0 Å². The highest BCUT2D eigenvalue weighted by atomic mass is 15.2. The number of likely N-dealkylation sites (tertiary alicyclic amines) is 1. The third-order valence-corrected chi connectivity index (χ3v) is 4.77. The Labute approximate surface area is 99.2 Å². The third-order valence-electron chi connectivity index (χ3n) is 4.77. The first-order chi connectivity index (χ1) is 7.83. The molecule has 3 rings (SSSR count). The minimum absolute atomic E-state index is 0.793. The van der Waals surface area contributed by atoms with E-state index in [1.54, 1.807) is 0 Å². The molecule has 2 atom stereocenters. The smallest absolute Gasteiger partial charge is 0.0250 e. The van der Waals surface area contributed by atoms with E-state index < -0.39 is 0 Å². The van der Waals surface area contributed by atoms with Gasteiger partial charge in [-0.2, -0.15) is 0 Å². The maximum absolute atomic E-state index is 3.94. The van der Waals surface area contributed by atoms with Gasteiger partial charge < -0.3 is 10.2 Å². The molecule has 2 unspecified atom stereocenters. The van der Waals surface area contributed by atoms with Crippen molar-refractivity contribution in [2.75, 3.05) is 33.2 Å². The average molecular weight is 223 g/mol. The van der Waals surface area contributed by atoms with Crippen LogP contribution in [0.5, 0.6) is 0 Å². The molecule has 0 aromatic rings. The SMILES string of the molecule is CN1CCC(NC2CCN3CCCC23)CC1. The molecule has 92 valence electrons. The van der Waals surface area contributed by atoms with Crippen molar-refractivity contribution in [3.8, 4) is 0 Å². The van der Waals surface area contributed by atoms with Gasteiger partial charge in [-0.25, -0.2) is 0 Å². The van der Waals surface area contributed by atoms with E-state index >= 15 is 0 Å². The van der Waals surface area contributed by atoms with Crippen LogP contribution >= 0.6 is 0 Å². The van der Waals surface area contributed by atoms with Crippen molar-refractivity contribution in [3.63, 3.8) is 0 Å². The number of nitrogens with zero attached hydrogens (tertiary/aromatic N) is 2. The van der Waals surface area contributed by atoms with Crippen LogP contribution in [0.2, 0.25) is 0 Å². The van der Waals surface area contributed by atoms with Gasteiger partial charge in [-0.15, -0.1) is 0 Å². The molecule has 0 radical (unpaired) electrons. The Hall–Kier alpha value is -0.120. The minimum atomic E-state index is 0.793. The Bertz CT molecular complexity index is 235. The molecule has 0 saturated carbocycles. The molecule has 0 aliphatic carbocycles. The molecule has 16 heavy (non-hydrogen) atoms. The fourth-order valence-electron chi connectivity index (χ4n) is 3.75. The average Bonchev–Trinajstić information content (AvgIpc) is 2.86. The van der Waals surface area contributed by atoms with Gasteiger partial charge in [-0.3, -0.25) is 4.90 Å². The van der Waals surface area contributed by atoms with Crippen LogP contribution in [-0.2, 0) is 0 Å². The standard InChI is InChI=1S/C13H25N3/c1-15-8-4-11(5-9-15)14-12-6-10-16-7-2-3-13(12)16/h11-14H,2-10H2,1H3. The molecule has 0 bridgehead atoms. The Morgan fingerprint density at radius 3 is 2.56 bits per heavy atom. The molecule has 0 aromatic heterocycles. The van der Waals surface area contributed by atoms with Crippen molar-refractivity contribution in [3.05, 3.63) is 0 Å². The molecular formula is C13H25N3. The van der Waals surface area contributed by atoms with E-state index in [9.17, 15) is 0 Å². The summed E-state index contributed by atoms with van der Waals surface area (Å²) in [7, 11) is 2.24. The second-order valence-electron chi connectivity index (χ2n) is 5.88. The minimum Gasteiger partial charge on any atom is -0.310 e. The summed E-state index contributed by atoms with van der Waals surface area (Å²) in [6, 6.07) is 2.47. The molecule has 0 spiro atoms. The van der Waals surface area contributed by atoms with E-state index in [4.69, 9.17) is 0 Å². The zero-order valence-corrected chi connectivity index (χ0v) is 10.5. The number of rotatable bonds is 2. The van der Waals surface area contributed by atoms with Crippen LogP contribution in [0, 0.1) is 0 Å². The lowest BCUT2D eigenvalue weighted by atomic mass is 10.0. The van der Waals surface area contributed by atoms with Crippen LogP contribution < -0.4 is 5.32 Å². The van der Waals surface area contributed by atoms with Gasteiger partial charge in [0.05, 0.1) is 0 Å². The maximum atomic E-state index is 3.94. The topological polar surface area (TPSA) is 18.5 Å². The molecule has 1 N–H and O–H groups in total. The molecule has 3 heterocycles. The van der Waals surface area contributed by atoms with Gasteiger partial charge in [0.25, 0.3) is 0 Å². The zero-order chi connectivity index (χ0) is 11.0. The summed E-state index contributed by atoms with van der Waals surface area (Å²) in [6.45, 7) is 5.25. The van der Waals surface area contributed by atoms with Gasteiger partial charge in [-0.05, 0) is 58.8 Å². The highest BCUT2D eigenvalue weighted by molar-refractivity contribution is 4.97. The van der Waals surface area contributed by atoms with Crippen LogP contribution in [0.25, 0.3) is 0 Å². The molecule has 3 aliphatic rings. The lowest BCUT2D eigenvalue weighted by Gasteiger charge is -2.33. The van der Waals surface area contributed by atoms with Crippen molar-refractivity contribution in [2.45, 2.75) is 50.2 Å². The van der Waals surface area contributed by atoms with Gasteiger partial charge in [0.15, 0.2) is 0 Å². The third kappa shape index (κ3) is 2.13. The van der Waals surface area contributed by atoms with Crippen LogP contribution in [0.15, 0.2) is 0 Å². The summed E-state index contributed by atoms with van der Waals surface area (Å²) in [4.78, 5) is 5.15. The van der Waals surface area contributed by atoms with E-state index in [-0.39, 0.29) is 0 Å². The summed E-state index contributed by atoms with van der Waals surface area (Å²) < 4.78 is 0. The van der Waals surface area contributed by atoms with E-state index in [2.05, 4.69) is 22.2 Å². The Morgan fingerprint density at radius 2 is 1.75 bits per heavy atom. The van der Waals surface area contributed by atoms with Crippen molar-refractivity contribution in [1.29, 1.82) is 0 Å². The summed E-state index contributed by atoms with van der Waals surface area (Å²) in [6.07, 6.45) is 6.94.